The summed E-state index contributed by atoms with van der Waals surface area (Å²) in [5.41, 5.74) is 0. The zero-order valence-corrected chi connectivity index (χ0v) is 10.9. The molecule has 106 valence electrons. The van der Waals surface area contributed by atoms with E-state index in [0.29, 0.717) is 0 Å². The van der Waals surface area contributed by atoms with E-state index in [4.69, 9.17) is 0 Å². The third kappa shape index (κ3) is 4.48. The lowest BCUT2D eigenvalue weighted by Gasteiger charge is -2.33. The van der Waals surface area contributed by atoms with Gasteiger partial charge in [-0.2, -0.15) is 13.2 Å². The molecule has 1 unspecified atom stereocenters. The van der Waals surface area contributed by atoms with Crippen LogP contribution in [-0.4, -0.2) is 42.7 Å². The lowest BCUT2D eigenvalue weighted by atomic mass is 9.96. The van der Waals surface area contributed by atoms with E-state index in [1.54, 1.807) is 0 Å². The summed E-state index contributed by atoms with van der Waals surface area (Å²) < 4.78 is 37.4. The smallest absolute Gasteiger partial charge is 0.342 e. The molecule has 1 fully saturated rings. The summed E-state index contributed by atoms with van der Waals surface area (Å²) in [5, 5.41) is 3.06. The number of likely N-dealkylation sites (tertiary alicyclic amines) is 1. The first kappa shape index (κ1) is 15.3. The Bertz CT molecular complexity index is 273. The van der Waals surface area contributed by atoms with Crippen LogP contribution < -0.4 is 5.32 Å². The molecule has 1 aliphatic heterocycles. The fourth-order valence-electron chi connectivity index (χ4n) is 1.97. The highest BCUT2D eigenvalue weighted by atomic mass is 19.4. The van der Waals surface area contributed by atoms with Crippen molar-refractivity contribution >= 4 is 5.91 Å². The number of carbonyl (C=O) groups is 1. The zero-order chi connectivity index (χ0) is 13.8. The van der Waals surface area contributed by atoms with Crippen molar-refractivity contribution in [3.05, 3.63) is 0 Å². The second-order valence-corrected chi connectivity index (χ2v) is 4.89. The molecule has 1 heterocycles. The summed E-state index contributed by atoms with van der Waals surface area (Å²) in [7, 11) is 0. The standard InChI is InChI=1S/C12H21F3N2O/c1-3-9(2)16-8-11(18)17-6-4-10(5-7-17)12(13,14)15/h9-10,16H,3-8H2,1-2H3. The van der Waals surface area contributed by atoms with Crippen LogP contribution in [0.2, 0.25) is 0 Å². The Balaban J connectivity index is 2.32. The highest BCUT2D eigenvalue weighted by molar-refractivity contribution is 5.78. The fraction of sp³-hybridized carbons (Fsp3) is 0.917. The second kappa shape index (κ2) is 6.41. The molecule has 1 atom stereocenters. The predicted octanol–water partition coefficient (Wildman–Crippen LogP) is 2.18. The van der Waals surface area contributed by atoms with Gasteiger partial charge in [-0.15, -0.1) is 0 Å². The number of hydrogen-bond donors (Lipinski definition) is 1. The van der Waals surface area contributed by atoms with Gasteiger partial charge in [-0.1, -0.05) is 6.92 Å². The average Bonchev–Trinajstić information content (AvgIpc) is 2.34. The van der Waals surface area contributed by atoms with Gasteiger partial charge in [0.1, 0.15) is 0 Å². The molecule has 3 nitrogen and oxygen atoms in total. The summed E-state index contributed by atoms with van der Waals surface area (Å²) in [6.45, 7) is 4.63. The van der Waals surface area contributed by atoms with Crippen LogP contribution in [0.5, 0.6) is 0 Å². The summed E-state index contributed by atoms with van der Waals surface area (Å²) in [4.78, 5) is 13.3. The highest BCUT2D eigenvalue weighted by Crippen LogP contribution is 2.33. The molecule has 0 aromatic rings. The third-order valence-electron chi connectivity index (χ3n) is 3.52. The number of alkyl halides is 3. The molecule has 1 saturated heterocycles. The van der Waals surface area contributed by atoms with E-state index >= 15 is 0 Å². The maximum Gasteiger partial charge on any atom is 0.391 e. The largest absolute Gasteiger partial charge is 0.391 e. The first-order valence-electron chi connectivity index (χ1n) is 6.42. The maximum atomic E-state index is 12.5. The first-order chi connectivity index (χ1) is 8.34. The first-order valence-corrected chi connectivity index (χ1v) is 6.42. The normalized spacial score (nSPS) is 19.9. The van der Waals surface area contributed by atoms with E-state index in [2.05, 4.69) is 5.32 Å². The Labute approximate surface area is 106 Å². The van der Waals surface area contributed by atoms with Crippen molar-refractivity contribution in [1.82, 2.24) is 10.2 Å². The van der Waals surface area contributed by atoms with E-state index in [-0.39, 0.29) is 44.4 Å². The lowest BCUT2D eigenvalue weighted by molar-refractivity contribution is -0.186. The number of halogens is 3. The molecule has 0 radical (unpaired) electrons. The van der Waals surface area contributed by atoms with Crippen molar-refractivity contribution in [2.24, 2.45) is 5.92 Å². The maximum absolute atomic E-state index is 12.5. The minimum atomic E-state index is -4.12. The Morgan fingerprint density at radius 2 is 1.94 bits per heavy atom. The number of hydrogen-bond acceptors (Lipinski definition) is 2. The van der Waals surface area contributed by atoms with Crippen LogP contribution in [0.1, 0.15) is 33.1 Å². The van der Waals surface area contributed by atoms with Crippen molar-refractivity contribution in [3.63, 3.8) is 0 Å². The van der Waals surface area contributed by atoms with E-state index in [1.165, 1.54) is 4.90 Å². The highest BCUT2D eigenvalue weighted by Gasteiger charge is 2.41. The molecular formula is C12H21F3N2O. The molecule has 18 heavy (non-hydrogen) atoms. The fourth-order valence-corrected chi connectivity index (χ4v) is 1.97. The van der Waals surface area contributed by atoms with Crippen molar-refractivity contribution in [2.75, 3.05) is 19.6 Å². The van der Waals surface area contributed by atoms with Gasteiger partial charge in [-0.25, -0.2) is 0 Å². The quantitative estimate of drug-likeness (QED) is 0.846. The third-order valence-corrected chi connectivity index (χ3v) is 3.52. The number of nitrogens with zero attached hydrogens (tertiary/aromatic N) is 1. The van der Waals surface area contributed by atoms with Gasteiger partial charge in [-0.05, 0) is 26.2 Å². The molecule has 0 saturated carbocycles. The summed E-state index contributed by atoms with van der Waals surface area (Å²) in [6.07, 6.45) is -3.15. The molecule has 6 heteroatoms. The van der Waals surface area contributed by atoms with Gasteiger partial charge in [0.25, 0.3) is 0 Å². The number of carbonyl (C=O) groups excluding carboxylic acids is 1. The van der Waals surface area contributed by atoms with E-state index in [9.17, 15) is 18.0 Å². The van der Waals surface area contributed by atoms with Crippen LogP contribution in [-0.2, 0) is 4.79 Å². The number of amides is 1. The van der Waals surface area contributed by atoms with Crippen molar-refractivity contribution in [2.45, 2.75) is 45.3 Å². The number of piperidine rings is 1. The molecule has 0 aromatic carbocycles. The van der Waals surface area contributed by atoms with Gasteiger partial charge in [0.15, 0.2) is 0 Å². The van der Waals surface area contributed by atoms with Crippen molar-refractivity contribution < 1.29 is 18.0 Å². The summed E-state index contributed by atoms with van der Waals surface area (Å²) in [6, 6.07) is 0.252. The van der Waals surface area contributed by atoms with Crippen LogP contribution in [0.25, 0.3) is 0 Å². The minimum absolute atomic E-state index is 0.0264. The van der Waals surface area contributed by atoms with Gasteiger partial charge in [0, 0.05) is 19.1 Å². The molecular weight excluding hydrogens is 245 g/mol. The van der Waals surface area contributed by atoms with Gasteiger partial charge in [-0.3, -0.25) is 4.79 Å². The van der Waals surface area contributed by atoms with Crippen LogP contribution >= 0.6 is 0 Å². The Hall–Kier alpha value is -0.780. The lowest BCUT2D eigenvalue weighted by Crippen LogP contribution is -2.46. The molecule has 0 aromatic heterocycles. The number of rotatable bonds is 4. The minimum Gasteiger partial charge on any atom is -0.342 e. The van der Waals surface area contributed by atoms with Crippen molar-refractivity contribution in [3.8, 4) is 0 Å². The summed E-state index contributed by atoms with van der Waals surface area (Å²) in [5.74, 6) is -1.35. The Morgan fingerprint density at radius 3 is 2.39 bits per heavy atom. The predicted molar refractivity (Wildman–Crippen MR) is 63.1 cm³/mol. The molecule has 1 aliphatic rings. The van der Waals surface area contributed by atoms with E-state index in [1.807, 2.05) is 13.8 Å². The molecule has 1 rings (SSSR count). The van der Waals surface area contributed by atoms with Crippen LogP contribution in [0.3, 0.4) is 0 Å². The van der Waals surface area contributed by atoms with Gasteiger partial charge in [0.05, 0.1) is 12.5 Å². The van der Waals surface area contributed by atoms with Crippen LogP contribution in [0.15, 0.2) is 0 Å². The molecule has 0 aliphatic carbocycles. The Kier molecular flexibility index (Phi) is 5.44. The topological polar surface area (TPSA) is 32.3 Å². The second-order valence-electron chi connectivity index (χ2n) is 4.89. The monoisotopic (exact) mass is 266 g/mol. The molecule has 0 bridgehead atoms. The Morgan fingerprint density at radius 1 is 1.39 bits per heavy atom. The van der Waals surface area contributed by atoms with Crippen LogP contribution in [0.4, 0.5) is 13.2 Å². The van der Waals surface area contributed by atoms with E-state index < -0.39 is 12.1 Å². The molecule has 1 amide bonds. The number of nitrogens with one attached hydrogen (secondary N) is 1. The SMILES string of the molecule is CCC(C)NCC(=O)N1CCC(C(F)(F)F)CC1. The van der Waals surface area contributed by atoms with Gasteiger partial charge < -0.3 is 10.2 Å². The van der Waals surface area contributed by atoms with Crippen LogP contribution in [0, 0.1) is 5.92 Å². The van der Waals surface area contributed by atoms with Gasteiger partial charge in [0.2, 0.25) is 5.91 Å². The van der Waals surface area contributed by atoms with E-state index in [0.717, 1.165) is 6.42 Å². The average molecular weight is 266 g/mol. The van der Waals surface area contributed by atoms with Gasteiger partial charge >= 0.3 is 6.18 Å². The molecule has 1 N–H and O–H groups in total. The van der Waals surface area contributed by atoms with Crippen molar-refractivity contribution in [1.29, 1.82) is 0 Å². The molecule has 0 spiro atoms. The zero-order valence-electron chi connectivity index (χ0n) is 10.9. The summed E-state index contributed by atoms with van der Waals surface area (Å²) >= 11 is 0.